The molecule has 0 radical (unpaired) electrons. The molecule has 0 saturated carbocycles. The van der Waals surface area contributed by atoms with Crippen molar-refractivity contribution in [2.24, 2.45) is 0 Å². The average Bonchev–Trinajstić information content (AvgIpc) is 2.49. The monoisotopic (exact) mass is 214 g/mol. The molecule has 0 aliphatic carbocycles. The second kappa shape index (κ2) is 5.48. The molecule has 0 bridgehead atoms. The van der Waals surface area contributed by atoms with Crippen LogP contribution in [0.15, 0.2) is 12.4 Å². The molecule has 1 rings (SSSR count). The van der Waals surface area contributed by atoms with E-state index in [0.29, 0.717) is 0 Å². The van der Waals surface area contributed by atoms with Crippen molar-refractivity contribution in [2.45, 2.75) is 32.5 Å². The molecule has 0 fully saturated rings. The van der Waals surface area contributed by atoms with Crippen LogP contribution in [0.2, 0.25) is 0 Å². The highest BCUT2D eigenvalue weighted by Gasteiger charge is 2.26. The van der Waals surface area contributed by atoms with Gasteiger partial charge in [0, 0.05) is 26.0 Å². The van der Waals surface area contributed by atoms with Gasteiger partial charge in [-0.15, -0.1) is 0 Å². The fourth-order valence-electron chi connectivity index (χ4n) is 1.54. The number of carboxylic acid groups (broad SMARTS) is 1. The first-order valence-electron chi connectivity index (χ1n) is 5.20. The maximum atomic E-state index is 10.5. The van der Waals surface area contributed by atoms with Crippen molar-refractivity contribution in [3.8, 4) is 0 Å². The molecule has 1 unspecified atom stereocenters. The Morgan fingerprint density at radius 1 is 1.47 bits per heavy atom. The predicted molar refractivity (Wildman–Crippen MR) is 56.0 cm³/mol. The molecule has 5 heteroatoms. The Kier molecular flexibility index (Phi) is 4.27. The van der Waals surface area contributed by atoms with Crippen molar-refractivity contribution in [1.82, 2.24) is 9.80 Å². The van der Waals surface area contributed by atoms with Crippen LogP contribution in [0.1, 0.15) is 26.2 Å². The van der Waals surface area contributed by atoms with E-state index in [9.17, 15) is 4.79 Å². The van der Waals surface area contributed by atoms with Crippen molar-refractivity contribution < 1.29 is 14.6 Å². The lowest BCUT2D eigenvalue weighted by Crippen LogP contribution is -2.40. The lowest BCUT2D eigenvalue weighted by Gasteiger charge is -2.28. The molecule has 1 atom stereocenters. The zero-order valence-electron chi connectivity index (χ0n) is 9.22. The lowest BCUT2D eigenvalue weighted by atomic mass is 10.2. The van der Waals surface area contributed by atoms with Crippen LogP contribution in [0.4, 0.5) is 4.79 Å². The maximum Gasteiger partial charge on any atom is 0.509 e. The van der Waals surface area contributed by atoms with Gasteiger partial charge in [-0.2, -0.15) is 0 Å². The number of nitrogens with zero attached hydrogens (tertiary/aromatic N) is 2. The fraction of sp³-hybridized carbons (Fsp3) is 0.700. The van der Waals surface area contributed by atoms with Crippen LogP contribution >= 0.6 is 0 Å². The topological polar surface area (TPSA) is 53.0 Å². The van der Waals surface area contributed by atoms with Gasteiger partial charge in [0.2, 0.25) is 0 Å². The average molecular weight is 214 g/mol. The van der Waals surface area contributed by atoms with Crippen LogP contribution < -0.4 is 0 Å². The standard InChI is InChI=1S/C10H18N2O3/c1-3-4-5-6-12-8-7-11(2)9(12)15-10(13)14/h7-9H,3-6H2,1-2H3,(H,13,14). The molecule has 5 nitrogen and oxygen atoms in total. The summed E-state index contributed by atoms with van der Waals surface area (Å²) in [6, 6.07) is 0. The molecule has 86 valence electrons. The molecular weight excluding hydrogens is 196 g/mol. The normalized spacial score (nSPS) is 19.7. The van der Waals surface area contributed by atoms with Gasteiger partial charge < -0.3 is 19.6 Å². The van der Waals surface area contributed by atoms with E-state index in [-0.39, 0.29) is 0 Å². The Labute approximate surface area is 89.9 Å². The molecule has 0 spiro atoms. The Bertz CT molecular complexity index is 243. The summed E-state index contributed by atoms with van der Waals surface area (Å²) in [5, 5.41) is 8.58. The summed E-state index contributed by atoms with van der Waals surface area (Å²) in [6.45, 7) is 2.96. The second-order valence-corrected chi connectivity index (χ2v) is 3.62. The molecule has 0 saturated heterocycles. The molecule has 0 amide bonds. The summed E-state index contributed by atoms with van der Waals surface area (Å²) >= 11 is 0. The maximum absolute atomic E-state index is 10.5. The van der Waals surface area contributed by atoms with Gasteiger partial charge in [-0.1, -0.05) is 19.8 Å². The van der Waals surface area contributed by atoms with E-state index in [4.69, 9.17) is 9.84 Å². The number of ether oxygens (including phenoxy) is 1. The largest absolute Gasteiger partial charge is 0.509 e. The summed E-state index contributed by atoms with van der Waals surface area (Å²) in [7, 11) is 1.80. The van der Waals surface area contributed by atoms with Crippen LogP contribution in [0.25, 0.3) is 0 Å². The minimum Gasteiger partial charge on any atom is -0.450 e. The van der Waals surface area contributed by atoms with Crippen LogP contribution in [0, 0.1) is 0 Å². The third-order valence-corrected chi connectivity index (χ3v) is 2.35. The van der Waals surface area contributed by atoms with E-state index >= 15 is 0 Å². The molecule has 0 aromatic rings. The van der Waals surface area contributed by atoms with Gasteiger partial charge in [-0.05, 0) is 6.42 Å². The first-order valence-corrected chi connectivity index (χ1v) is 5.20. The summed E-state index contributed by atoms with van der Waals surface area (Å²) < 4.78 is 4.77. The van der Waals surface area contributed by atoms with E-state index in [2.05, 4.69) is 6.92 Å². The summed E-state index contributed by atoms with van der Waals surface area (Å²) in [4.78, 5) is 14.1. The Morgan fingerprint density at radius 2 is 2.20 bits per heavy atom. The summed E-state index contributed by atoms with van der Waals surface area (Å²) in [5.74, 6) is 0. The summed E-state index contributed by atoms with van der Waals surface area (Å²) in [5.41, 5.74) is 0. The molecule has 1 aliphatic heterocycles. The first-order chi connectivity index (χ1) is 7.15. The van der Waals surface area contributed by atoms with Gasteiger partial charge in [0.25, 0.3) is 6.35 Å². The molecular formula is C10H18N2O3. The molecule has 1 heterocycles. The van der Waals surface area contributed by atoms with Crippen molar-refractivity contribution in [1.29, 1.82) is 0 Å². The highest BCUT2D eigenvalue weighted by Crippen LogP contribution is 2.16. The van der Waals surface area contributed by atoms with Gasteiger partial charge in [0.05, 0.1) is 0 Å². The van der Waals surface area contributed by atoms with Crippen molar-refractivity contribution in [3.05, 3.63) is 12.4 Å². The van der Waals surface area contributed by atoms with Crippen LogP contribution in [-0.4, -0.2) is 41.0 Å². The molecule has 1 aliphatic rings. The van der Waals surface area contributed by atoms with E-state index in [1.165, 1.54) is 0 Å². The third kappa shape index (κ3) is 3.34. The van der Waals surface area contributed by atoms with E-state index in [1.54, 1.807) is 11.9 Å². The smallest absolute Gasteiger partial charge is 0.450 e. The number of carbonyl (C=O) groups is 1. The van der Waals surface area contributed by atoms with Crippen LogP contribution in [-0.2, 0) is 4.74 Å². The van der Waals surface area contributed by atoms with Crippen molar-refractivity contribution >= 4 is 6.16 Å². The zero-order valence-corrected chi connectivity index (χ0v) is 9.22. The number of rotatable bonds is 5. The van der Waals surface area contributed by atoms with Gasteiger partial charge >= 0.3 is 6.16 Å². The highest BCUT2D eigenvalue weighted by molar-refractivity contribution is 5.57. The zero-order chi connectivity index (χ0) is 11.3. The third-order valence-electron chi connectivity index (χ3n) is 2.35. The van der Waals surface area contributed by atoms with Crippen molar-refractivity contribution in [2.75, 3.05) is 13.6 Å². The molecule has 1 N–H and O–H groups in total. The van der Waals surface area contributed by atoms with Crippen LogP contribution in [0.5, 0.6) is 0 Å². The second-order valence-electron chi connectivity index (χ2n) is 3.62. The number of hydrogen-bond acceptors (Lipinski definition) is 4. The minimum absolute atomic E-state index is 0.501. The Morgan fingerprint density at radius 3 is 2.80 bits per heavy atom. The van der Waals surface area contributed by atoms with Gasteiger partial charge in [0.15, 0.2) is 0 Å². The van der Waals surface area contributed by atoms with Gasteiger partial charge in [-0.25, -0.2) is 4.79 Å². The van der Waals surface area contributed by atoms with E-state index in [1.807, 2.05) is 17.3 Å². The lowest BCUT2D eigenvalue weighted by molar-refractivity contribution is -0.0677. The Hall–Kier alpha value is -1.39. The van der Waals surface area contributed by atoms with Gasteiger partial charge in [-0.3, -0.25) is 0 Å². The number of hydrogen-bond donors (Lipinski definition) is 1. The molecule has 0 aromatic carbocycles. The summed E-state index contributed by atoms with van der Waals surface area (Å²) in [6.07, 6.45) is 5.29. The number of unbranched alkanes of at least 4 members (excludes halogenated alkanes) is 2. The van der Waals surface area contributed by atoms with Crippen LogP contribution in [0.3, 0.4) is 0 Å². The highest BCUT2D eigenvalue weighted by atomic mass is 16.7. The van der Waals surface area contributed by atoms with Gasteiger partial charge in [0.1, 0.15) is 0 Å². The first kappa shape index (κ1) is 11.7. The SMILES string of the molecule is CCCCCN1C=CN(C)C1OC(=O)O. The van der Waals surface area contributed by atoms with E-state index < -0.39 is 12.5 Å². The fourth-order valence-corrected chi connectivity index (χ4v) is 1.54. The quantitative estimate of drug-likeness (QED) is 0.559. The molecule has 0 aromatic heterocycles. The van der Waals surface area contributed by atoms with E-state index in [0.717, 1.165) is 25.8 Å². The Balaban J connectivity index is 2.40. The predicted octanol–water partition coefficient (Wildman–Crippen LogP) is 1.87. The molecule has 15 heavy (non-hydrogen) atoms. The minimum atomic E-state index is -1.24. The van der Waals surface area contributed by atoms with Crippen molar-refractivity contribution in [3.63, 3.8) is 0 Å².